The summed E-state index contributed by atoms with van der Waals surface area (Å²) in [6.07, 6.45) is 3.05. The zero-order chi connectivity index (χ0) is 28.2. The number of aryl methyl sites for hydroxylation is 1. The Hall–Kier alpha value is -3.38. The van der Waals surface area contributed by atoms with E-state index in [1.54, 1.807) is 13.2 Å². The van der Waals surface area contributed by atoms with Crippen molar-refractivity contribution in [1.82, 2.24) is 4.90 Å². The molecular weight excluding hydrogens is 506 g/mol. The number of anilines is 1. The predicted octanol–water partition coefficient (Wildman–Crippen LogP) is 7.29. The van der Waals surface area contributed by atoms with Gasteiger partial charge in [0.1, 0.15) is 29.7 Å². The molecule has 0 unspecified atom stereocenters. The van der Waals surface area contributed by atoms with Gasteiger partial charge < -0.3 is 14.4 Å². The average molecular weight is 547 g/mol. The Labute approximate surface area is 237 Å². The molecule has 0 bridgehead atoms. The molecule has 0 saturated carbocycles. The highest BCUT2D eigenvalue weighted by atomic mass is 19.1. The van der Waals surface area contributed by atoms with Crippen molar-refractivity contribution < 1.29 is 18.3 Å². The summed E-state index contributed by atoms with van der Waals surface area (Å²) in [5.74, 6) is 1.34. The van der Waals surface area contributed by atoms with E-state index in [9.17, 15) is 8.78 Å². The van der Waals surface area contributed by atoms with Gasteiger partial charge in [-0.2, -0.15) is 0 Å². The number of allylic oxidation sites excluding steroid dienone is 1. The summed E-state index contributed by atoms with van der Waals surface area (Å²) in [7, 11) is 1.72. The molecule has 4 nitrogen and oxygen atoms in total. The molecular formula is C34H40F2N2O2. The van der Waals surface area contributed by atoms with Gasteiger partial charge >= 0.3 is 0 Å². The van der Waals surface area contributed by atoms with Gasteiger partial charge in [-0.05, 0) is 84.7 Å². The Kier molecular flexibility index (Phi) is 8.75. The molecule has 1 fully saturated rings. The van der Waals surface area contributed by atoms with Crippen molar-refractivity contribution in [3.63, 3.8) is 0 Å². The number of hydrogen-bond acceptors (Lipinski definition) is 4. The molecule has 1 aliphatic carbocycles. The van der Waals surface area contributed by atoms with Crippen LogP contribution < -0.4 is 14.4 Å². The average Bonchev–Trinajstić information content (AvgIpc) is 2.94. The number of rotatable bonds is 9. The topological polar surface area (TPSA) is 24.9 Å². The zero-order valence-electron chi connectivity index (χ0n) is 24.1. The fourth-order valence-corrected chi connectivity index (χ4v) is 5.92. The molecule has 0 radical (unpaired) electrons. The molecule has 40 heavy (non-hydrogen) atoms. The summed E-state index contributed by atoms with van der Waals surface area (Å²) in [4.78, 5) is 4.46. The molecule has 3 aromatic rings. The van der Waals surface area contributed by atoms with Gasteiger partial charge in [-0.1, -0.05) is 37.6 Å². The molecule has 212 valence electrons. The predicted molar refractivity (Wildman–Crippen MR) is 158 cm³/mol. The fourth-order valence-electron chi connectivity index (χ4n) is 5.92. The summed E-state index contributed by atoms with van der Waals surface area (Å²) in [5, 5.41) is 0. The third kappa shape index (κ3) is 6.49. The van der Waals surface area contributed by atoms with E-state index in [0.29, 0.717) is 18.2 Å². The molecule has 1 aliphatic heterocycles. The fraction of sp³-hybridized carbons (Fsp3) is 0.412. The van der Waals surface area contributed by atoms with Crippen LogP contribution in [0.3, 0.4) is 0 Å². The molecule has 0 atom stereocenters. The van der Waals surface area contributed by atoms with Crippen LogP contribution in [0.2, 0.25) is 0 Å². The molecule has 3 aromatic carbocycles. The number of benzene rings is 3. The first-order chi connectivity index (χ1) is 19.3. The lowest BCUT2D eigenvalue weighted by Gasteiger charge is -2.37. The Balaban J connectivity index is 1.19. The summed E-state index contributed by atoms with van der Waals surface area (Å²) in [6, 6.07) is 16.7. The number of fused-ring (bicyclic) bond motifs is 1. The Morgan fingerprint density at radius 1 is 0.900 bits per heavy atom. The van der Waals surface area contributed by atoms with E-state index >= 15 is 0 Å². The molecule has 6 heteroatoms. The maximum Gasteiger partial charge on any atom is 0.149 e. The largest absolute Gasteiger partial charge is 0.496 e. The molecule has 1 heterocycles. The second-order valence-electron chi connectivity index (χ2n) is 11.4. The number of methoxy groups -OCH3 is 1. The molecule has 0 aromatic heterocycles. The van der Waals surface area contributed by atoms with Crippen molar-refractivity contribution in [2.24, 2.45) is 5.92 Å². The third-order valence-electron chi connectivity index (χ3n) is 8.13. The van der Waals surface area contributed by atoms with Crippen LogP contribution in [0.5, 0.6) is 11.5 Å². The first kappa shape index (κ1) is 28.2. The SMILES string of the molecule is COc1cc(CC(C)C)ccc1COc1ccc2c(c1)CCC(CN1CCN(c3ccc(F)cc3F)CC1)=C2C. The van der Waals surface area contributed by atoms with Crippen molar-refractivity contribution in [2.45, 2.75) is 46.6 Å². The van der Waals surface area contributed by atoms with Crippen LogP contribution in [0.15, 0.2) is 60.2 Å². The lowest BCUT2D eigenvalue weighted by Crippen LogP contribution is -2.47. The highest BCUT2D eigenvalue weighted by molar-refractivity contribution is 5.72. The number of nitrogens with zero attached hydrogens (tertiary/aromatic N) is 2. The van der Waals surface area contributed by atoms with Crippen LogP contribution in [0.4, 0.5) is 14.5 Å². The Morgan fingerprint density at radius 2 is 1.70 bits per heavy atom. The van der Waals surface area contributed by atoms with Crippen molar-refractivity contribution >= 4 is 11.3 Å². The molecule has 1 saturated heterocycles. The number of hydrogen-bond donors (Lipinski definition) is 0. The standard InChI is InChI=1S/C34H40F2N2O2/c1-23(2)17-25-5-6-28(34(18-25)39-4)22-40-30-10-11-31-24(3)27(8-7-26(31)19-30)21-37-13-15-38(16-14-37)33-12-9-29(35)20-32(33)36/h5-6,9-12,18-20,23H,7-8,13-17,21-22H2,1-4H3. The van der Waals surface area contributed by atoms with E-state index in [4.69, 9.17) is 9.47 Å². The van der Waals surface area contributed by atoms with Crippen LogP contribution in [0.25, 0.3) is 5.57 Å². The quantitative estimate of drug-likeness (QED) is 0.281. The van der Waals surface area contributed by atoms with Gasteiger partial charge in [0.2, 0.25) is 0 Å². The number of ether oxygens (including phenoxy) is 2. The van der Waals surface area contributed by atoms with Gasteiger partial charge in [-0.25, -0.2) is 8.78 Å². The van der Waals surface area contributed by atoms with E-state index in [-0.39, 0.29) is 0 Å². The summed E-state index contributed by atoms with van der Waals surface area (Å²) < 4.78 is 39.4. The van der Waals surface area contributed by atoms with Gasteiger partial charge in [0.05, 0.1) is 12.8 Å². The van der Waals surface area contributed by atoms with E-state index in [1.165, 1.54) is 33.9 Å². The van der Waals surface area contributed by atoms with E-state index < -0.39 is 11.6 Å². The summed E-state index contributed by atoms with van der Waals surface area (Å²) >= 11 is 0. The van der Waals surface area contributed by atoms with E-state index in [2.05, 4.69) is 62.1 Å². The minimum atomic E-state index is -0.536. The first-order valence-corrected chi connectivity index (χ1v) is 14.3. The Morgan fingerprint density at radius 3 is 2.42 bits per heavy atom. The van der Waals surface area contributed by atoms with Crippen LogP contribution in [-0.2, 0) is 19.4 Å². The first-order valence-electron chi connectivity index (χ1n) is 14.3. The molecule has 0 amide bonds. The van der Waals surface area contributed by atoms with E-state index in [0.717, 1.165) is 75.1 Å². The monoisotopic (exact) mass is 546 g/mol. The molecule has 2 aliphatic rings. The van der Waals surface area contributed by atoms with Crippen LogP contribution in [0, 0.1) is 17.6 Å². The van der Waals surface area contributed by atoms with E-state index in [1.807, 2.05) is 4.90 Å². The number of halogens is 2. The van der Waals surface area contributed by atoms with Crippen molar-refractivity contribution in [3.05, 3.63) is 94.1 Å². The maximum absolute atomic E-state index is 14.2. The summed E-state index contributed by atoms with van der Waals surface area (Å²) in [6.45, 7) is 11.2. The third-order valence-corrected chi connectivity index (χ3v) is 8.13. The van der Waals surface area contributed by atoms with Gasteiger partial charge in [-0.3, -0.25) is 4.90 Å². The lowest BCUT2D eigenvalue weighted by atomic mass is 9.86. The second-order valence-corrected chi connectivity index (χ2v) is 11.4. The number of piperazine rings is 1. The lowest BCUT2D eigenvalue weighted by molar-refractivity contribution is 0.275. The minimum absolute atomic E-state index is 0.470. The molecule has 5 rings (SSSR count). The Bertz CT molecular complexity index is 1380. The molecule has 0 N–H and O–H groups in total. The van der Waals surface area contributed by atoms with Crippen LogP contribution in [-0.4, -0.2) is 44.7 Å². The highest BCUT2D eigenvalue weighted by Crippen LogP contribution is 2.34. The van der Waals surface area contributed by atoms with Gasteiger partial charge in [0.15, 0.2) is 0 Å². The highest BCUT2D eigenvalue weighted by Gasteiger charge is 2.23. The second kappa shape index (κ2) is 12.4. The van der Waals surface area contributed by atoms with Crippen LogP contribution >= 0.6 is 0 Å². The van der Waals surface area contributed by atoms with Crippen molar-refractivity contribution in [3.8, 4) is 11.5 Å². The van der Waals surface area contributed by atoms with Crippen molar-refractivity contribution in [2.75, 3.05) is 44.7 Å². The summed E-state index contributed by atoms with van der Waals surface area (Å²) in [5.41, 5.74) is 8.27. The van der Waals surface area contributed by atoms with Gasteiger partial charge in [-0.15, -0.1) is 0 Å². The maximum atomic E-state index is 14.2. The van der Waals surface area contributed by atoms with Gasteiger partial charge in [0, 0.05) is 44.4 Å². The normalized spacial score (nSPS) is 15.9. The zero-order valence-corrected chi connectivity index (χ0v) is 24.1. The van der Waals surface area contributed by atoms with Crippen LogP contribution in [0.1, 0.15) is 49.4 Å². The molecule has 0 spiro atoms. The van der Waals surface area contributed by atoms with Crippen molar-refractivity contribution in [1.29, 1.82) is 0 Å². The van der Waals surface area contributed by atoms with Gasteiger partial charge in [0.25, 0.3) is 0 Å². The minimum Gasteiger partial charge on any atom is -0.496 e. The smallest absolute Gasteiger partial charge is 0.149 e.